The molecule has 3 aromatic carbocycles. The van der Waals surface area contributed by atoms with Gasteiger partial charge in [0.15, 0.2) is 5.78 Å². The van der Waals surface area contributed by atoms with Crippen molar-refractivity contribution < 1.29 is 9.36 Å². The van der Waals surface area contributed by atoms with Crippen molar-refractivity contribution in [3.05, 3.63) is 96.6 Å². The minimum atomic E-state index is -3.13. The first-order chi connectivity index (χ1) is 12.5. The maximum Gasteiger partial charge on any atom is 0.207 e. The molecular formula is C22H22NO2P. The van der Waals surface area contributed by atoms with Gasteiger partial charge < -0.3 is 0 Å². The van der Waals surface area contributed by atoms with E-state index in [1.807, 2.05) is 85.8 Å². The summed E-state index contributed by atoms with van der Waals surface area (Å²) in [7, 11) is -1.36. The van der Waals surface area contributed by atoms with Crippen molar-refractivity contribution in [1.29, 1.82) is 0 Å². The van der Waals surface area contributed by atoms with E-state index in [9.17, 15) is 9.36 Å². The van der Waals surface area contributed by atoms with Crippen LogP contribution in [0.4, 0.5) is 0 Å². The van der Waals surface area contributed by atoms with Gasteiger partial charge in [-0.05, 0) is 38.2 Å². The van der Waals surface area contributed by atoms with Crippen LogP contribution >= 0.6 is 7.29 Å². The lowest BCUT2D eigenvalue weighted by atomic mass is 10.1. The molecule has 4 heteroatoms. The molecule has 0 saturated heterocycles. The van der Waals surface area contributed by atoms with E-state index < -0.39 is 13.3 Å². The standard InChI is InChI=1S/C22H22NO2P/c1-18(22(24)19-12-6-3-7-13-19)23(2)26(25,20-14-8-4-9-15-20)21-16-10-5-11-17-21/h3-18H,1-2H3. The number of hydrogen-bond donors (Lipinski definition) is 0. The molecule has 3 rings (SSSR count). The number of benzene rings is 3. The number of rotatable bonds is 6. The van der Waals surface area contributed by atoms with Gasteiger partial charge in [-0.3, -0.25) is 9.36 Å². The van der Waals surface area contributed by atoms with Gasteiger partial charge in [0.1, 0.15) is 0 Å². The molecule has 0 aromatic heterocycles. The molecule has 3 aromatic rings. The summed E-state index contributed by atoms with van der Waals surface area (Å²) in [5.41, 5.74) is 0.625. The summed E-state index contributed by atoms with van der Waals surface area (Å²) < 4.78 is 16.0. The Morgan fingerprint density at radius 1 is 0.769 bits per heavy atom. The van der Waals surface area contributed by atoms with Crippen molar-refractivity contribution in [3.63, 3.8) is 0 Å². The van der Waals surface area contributed by atoms with Crippen molar-refractivity contribution >= 4 is 23.7 Å². The van der Waals surface area contributed by atoms with Crippen LogP contribution in [0.3, 0.4) is 0 Å². The van der Waals surface area contributed by atoms with E-state index in [0.717, 1.165) is 10.6 Å². The van der Waals surface area contributed by atoms with Crippen LogP contribution in [-0.4, -0.2) is 23.5 Å². The summed E-state index contributed by atoms with van der Waals surface area (Å²) in [6.45, 7) is 1.81. The zero-order valence-electron chi connectivity index (χ0n) is 14.9. The second kappa shape index (κ2) is 7.82. The van der Waals surface area contributed by atoms with Gasteiger partial charge in [0, 0.05) is 16.2 Å². The van der Waals surface area contributed by atoms with Crippen molar-refractivity contribution in [3.8, 4) is 0 Å². The topological polar surface area (TPSA) is 37.4 Å². The highest BCUT2D eigenvalue weighted by molar-refractivity contribution is 7.76. The Labute approximate surface area is 154 Å². The van der Waals surface area contributed by atoms with Crippen LogP contribution in [0.15, 0.2) is 91.0 Å². The van der Waals surface area contributed by atoms with Crippen LogP contribution < -0.4 is 10.6 Å². The average molecular weight is 363 g/mol. The number of hydrogen-bond acceptors (Lipinski definition) is 2. The Morgan fingerprint density at radius 3 is 1.58 bits per heavy atom. The summed E-state index contributed by atoms with van der Waals surface area (Å²) in [4.78, 5) is 12.9. The third-order valence-corrected chi connectivity index (χ3v) is 7.89. The fourth-order valence-electron chi connectivity index (χ4n) is 3.03. The summed E-state index contributed by atoms with van der Waals surface area (Å²) in [5.74, 6) is -0.0415. The molecular weight excluding hydrogens is 341 g/mol. The molecule has 132 valence electrons. The predicted octanol–water partition coefficient (Wildman–Crippen LogP) is 4.12. The highest BCUT2D eigenvalue weighted by Crippen LogP contribution is 2.47. The molecule has 0 amide bonds. The lowest BCUT2D eigenvalue weighted by Crippen LogP contribution is -2.39. The van der Waals surface area contributed by atoms with Crippen LogP contribution in [-0.2, 0) is 4.57 Å². The normalized spacial score (nSPS) is 12.7. The van der Waals surface area contributed by atoms with Crippen molar-refractivity contribution in [1.82, 2.24) is 4.67 Å². The summed E-state index contributed by atoms with van der Waals surface area (Å²) >= 11 is 0. The minimum absolute atomic E-state index is 0.0415. The van der Waals surface area contributed by atoms with Crippen LogP contribution in [0.2, 0.25) is 0 Å². The molecule has 0 aliphatic rings. The summed E-state index contributed by atoms with van der Waals surface area (Å²) in [6.07, 6.45) is 0. The Kier molecular flexibility index (Phi) is 5.51. The lowest BCUT2D eigenvalue weighted by molar-refractivity contribution is 0.0920. The number of carbonyl (C=O) groups is 1. The molecule has 0 heterocycles. The van der Waals surface area contributed by atoms with Gasteiger partial charge in [0.05, 0.1) is 6.04 Å². The van der Waals surface area contributed by atoms with Crippen molar-refractivity contribution in [2.75, 3.05) is 7.05 Å². The van der Waals surface area contributed by atoms with E-state index in [1.54, 1.807) is 23.9 Å². The fraction of sp³-hybridized carbons (Fsp3) is 0.136. The Bertz CT molecular complexity index is 867. The molecule has 0 spiro atoms. The van der Waals surface area contributed by atoms with Crippen LogP contribution in [0.5, 0.6) is 0 Å². The Hall–Kier alpha value is -2.48. The second-order valence-electron chi connectivity index (χ2n) is 6.23. The van der Waals surface area contributed by atoms with Crippen LogP contribution in [0.25, 0.3) is 0 Å². The van der Waals surface area contributed by atoms with Gasteiger partial charge in [-0.2, -0.15) is 0 Å². The van der Waals surface area contributed by atoms with E-state index in [2.05, 4.69) is 0 Å². The Balaban J connectivity index is 2.05. The first-order valence-electron chi connectivity index (χ1n) is 8.59. The molecule has 0 bridgehead atoms. The minimum Gasteiger partial charge on any atom is -0.296 e. The van der Waals surface area contributed by atoms with E-state index in [4.69, 9.17) is 0 Å². The molecule has 0 fully saturated rings. The third kappa shape index (κ3) is 3.41. The van der Waals surface area contributed by atoms with Gasteiger partial charge in [0.25, 0.3) is 0 Å². The average Bonchev–Trinajstić information content (AvgIpc) is 2.73. The predicted molar refractivity (Wildman–Crippen MR) is 108 cm³/mol. The quantitative estimate of drug-likeness (QED) is 0.488. The molecule has 1 unspecified atom stereocenters. The van der Waals surface area contributed by atoms with Gasteiger partial charge in [-0.15, -0.1) is 0 Å². The van der Waals surface area contributed by atoms with Crippen molar-refractivity contribution in [2.24, 2.45) is 0 Å². The number of Topliss-reactive ketones (excluding diaryl/α,β-unsaturated/α-hetero) is 1. The molecule has 3 nitrogen and oxygen atoms in total. The van der Waals surface area contributed by atoms with Gasteiger partial charge in [-0.25, -0.2) is 4.67 Å². The highest BCUT2D eigenvalue weighted by atomic mass is 31.2. The Morgan fingerprint density at radius 2 is 1.15 bits per heavy atom. The number of nitrogens with zero attached hydrogens (tertiary/aromatic N) is 1. The van der Waals surface area contributed by atoms with Gasteiger partial charge >= 0.3 is 0 Å². The first-order valence-corrected chi connectivity index (χ1v) is 10.2. The van der Waals surface area contributed by atoms with Gasteiger partial charge in [-0.1, -0.05) is 66.7 Å². The first kappa shape index (κ1) is 18.3. The van der Waals surface area contributed by atoms with E-state index in [1.165, 1.54) is 0 Å². The zero-order valence-corrected chi connectivity index (χ0v) is 15.8. The summed E-state index contributed by atoms with van der Waals surface area (Å²) in [5, 5.41) is 1.45. The molecule has 0 saturated carbocycles. The second-order valence-corrected chi connectivity index (χ2v) is 9.04. The highest BCUT2D eigenvalue weighted by Gasteiger charge is 2.37. The zero-order chi connectivity index (χ0) is 18.6. The summed E-state index contributed by atoms with van der Waals surface area (Å²) in [6, 6.07) is 27.4. The largest absolute Gasteiger partial charge is 0.296 e. The molecule has 0 aliphatic carbocycles. The van der Waals surface area contributed by atoms with Gasteiger partial charge in [0.2, 0.25) is 7.29 Å². The SMILES string of the molecule is CC(C(=O)c1ccccc1)N(C)P(=O)(c1ccccc1)c1ccccc1. The molecule has 0 N–H and O–H groups in total. The number of likely N-dealkylation sites (N-methyl/N-ethyl adjacent to an activating group) is 1. The van der Waals surface area contributed by atoms with Crippen LogP contribution in [0, 0.1) is 0 Å². The monoisotopic (exact) mass is 363 g/mol. The maximum atomic E-state index is 14.3. The lowest BCUT2D eigenvalue weighted by Gasteiger charge is -2.33. The van der Waals surface area contributed by atoms with E-state index >= 15 is 0 Å². The third-order valence-electron chi connectivity index (χ3n) is 4.65. The molecule has 26 heavy (non-hydrogen) atoms. The number of ketones is 1. The molecule has 0 radical (unpaired) electrons. The van der Waals surface area contributed by atoms with Crippen molar-refractivity contribution in [2.45, 2.75) is 13.0 Å². The van der Waals surface area contributed by atoms with E-state index in [0.29, 0.717) is 5.56 Å². The van der Waals surface area contributed by atoms with E-state index in [-0.39, 0.29) is 5.78 Å². The smallest absolute Gasteiger partial charge is 0.207 e. The fourth-order valence-corrected chi connectivity index (χ4v) is 5.80. The molecule has 0 aliphatic heterocycles. The maximum absolute atomic E-state index is 14.3. The molecule has 1 atom stereocenters. The number of carbonyl (C=O) groups excluding carboxylic acids is 1. The van der Waals surface area contributed by atoms with Crippen LogP contribution in [0.1, 0.15) is 17.3 Å².